The van der Waals surface area contributed by atoms with Crippen LogP contribution in [0.4, 0.5) is 8.78 Å². The Morgan fingerprint density at radius 2 is 2.10 bits per heavy atom. The zero-order chi connectivity index (χ0) is 13.8. The van der Waals surface area contributed by atoms with Crippen molar-refractivity contribution in [3.8, 4) is 0 Å². The van der Waals surface area contributed by atoms with Crippen LogP contribution in [0.3, 0.4) is 0 Å². The van der Waals surface area contributed by atoms with Crippen molar-refractivity contribution >= 4 is 29.9 Å². The molecule has 1 aliphatic rings. The lowest BCUT2D eigenvalue weighted by Gasteiger charge is -2.06. The number of nitrogens with zero attached hydrogens (tertiary/aromatic N) is 1. The number of hydrogen-bond donors (Lipinski definition) is 2. The van der Waals surface area contributed by atoms with E-state index >= 15 is 0 Å². The summed E-state index contributed by atoms with van der Waals surface area (Å²) in [5.41, 5.74) is 5.80. The van der Waals surface area contributed by atoms with Crippen molar-refractivity contribution in [2.24, 2.45) is 10.7 Å². The fourth-order valence-electron chi connectivity index (χ4n) is 2.03. The number of benzene rings is 1. The van der Waals surface area contributed by atoms with Crippen LogP contribution < -0.4 is 11.1 Å². The van der Waals surface area contributed by atoms with Crippen molar-refractivity contribution in [1.82, 2.24) is 5.32 Å². The van der Waals surface area contributed by atoms with Gasteiger partial charge in [0, 0.05) is 24.6 Å². The number of halogens is 3. The number of aliphatic imine (C=N–C) groups is 1. The highest BCUT2D eigenvalue weighted by atomic mass is 127. The number of nitrogens with two attached hydrogens (primary N) is 1. The van der Waals surface area contributed by atoms with Gasteiger partial charge in [-0.2, -0.15) is 0 Å². The van der Waals surface area contributed by atoms with Crippen LogP contribution in [0.2, 0.25) is 0 Å². The first-order valence-electron chi connectivity index (χ1n) is 6.12. The molecule has 3 N–H and O–H groups in total. The molecular weight excluding hydrogens is 379 g/mol. The maximum atomic E-state index is 13.6. The number of methoxy groups -OCH3 is 1. The summed E-state index contributed by atoms with van der Waals surface area (Å²) in [5, 5.41) is 2.95. The van der Waals surface area contributed by atoms with Gasteiger partial charge in [-0.05, 0) is 18.6 Å². The summed E-state index contributed by atoms with van der Waals surface area (Å²) in [6.07, 6.45) is 0.651. The standard InChI is InChI=1S/C13H17F2N3O.HI/c1-19-6-5-17-13(16)18-11-7-8(11)12-9(14)3-2-4-10(12)15;/h2-4,8,11H,5-7H2,1H3,(H3,16,17,18);1H. The maximum absolute atomic E-state index is 13.6. The molecule has 112 valence electrons. The topological polar surface area (TPSA) is 59.6 Å². The molecule has 0 bridgehead atoms. The predicted molar refractivity (Wildman–Crippen MR) is 84.4 cm³/mol. The molecule has 0 spiro atoms. The predicted octanol–water partition coefficient (Wildman–Crippen LogP) is 1.99. The van der Waals surface area contributed by atoms with Crippen molar-refractivity contribution in [2.75, 3.05) is 20.3 Å². The molecule has 1 saturated carbocycles. The van der Waals surface area contributed by atoms with Crippen LogP contribution in [-0.2, 0) is 4.74 Å². The Hall–Kier alpha value is -0.960. The number of hydrogen-bond acceptors (Lipinski definition) is 2. The first-order chi connectivity index (χ1) is 9.13. The molecule has 4 nitrogen and oxygen atoms in total. The van der Waals surface area contributed by atoms with Crippen LogP contribution in [0.5, 0.6) is 0 Å². The molecule has 0 saturated heterocycles. The highest BCUT2D eigenvalue weighted by molar-refractivity contribution is 14.0. The molecule has 0 aromatic heterocycles. The number of ether oxygens (including phenoxy) is 1. The van der Waals surface area contributed by atoms with Crippen molar-refractivity contribution in [2.45, 2.75) is 18.4 Å². The molecule has 0 heterocycles. The zero-order valence-corrected chi connectivity index (χ0v) is 13.4. The lowest BCUT2D eigenvalue weighted by atomic mass is 10.1. The van der Waals surface area contributed by atoms with Crippen molar-refractivity contribution in [1.29, 1.82) is 0 Å². The van der Waals surface area contributed by atoms with Crippen molar-refractivity contribution in [3.63, 3.8) is 0 Å². The van der Waals surface area contributed by atoms with Gasteiger partial charge in [0.1, 0.15) is 11.6 Å². The van der Waals surface area contributed by atoms with Crippen LogP contribution in [0.15, 0.2) is 23.2 Å². The number of rotatable bonds is 5. The molecule has 2 atom stereocenters. The maximum Gasteiger partial charge on any atom is 0.188 e. The zero-order valence-electron chi connectivity index (χ0n) is 11.1. The van der Waals surface area contributed by atoms with Crippen LogP contribution in [-0.4, -0.2) is 32.3 Å². The molecule has 7 heteroatoms. The van der Waals surface area contributed by atoms with Gasteiger partial charge in [-0.3, -0.25) is 4.99 Å². The van der Waals surface area contributed by atoms with Crippen LogP contribution in [0, 0.1) is 11.6 Å². The summed E-state index contributed by atoms with van der Waals surface area (Å²) >= 11 is 0. The first kappa shape index (κ1) is 17.1. The summed E-state index contributed by atoms with van der Waals surface area (Å²) in [6, 6.07) is 3.84. The molecular formula is C13H18F2IN3O. The normalized spacial score (nSPS) is 21.2. The molecule has 20 heavy (non-hydrogen) atoms. The third kappa shape index (κ3) is 4.27. The van der Waals surface area contributed by atoms with Gasteiger partial charge in [0.2, 0.25) is 0 Å². The quantitative estimate of drug-likeness (QED) is 0.346. The second-order valence-electron chi connectivity index (χ2n) is 4.49. The fourth-order valence-corrected chi connectivity index (χ4v) is 2.03. The van der Waals surface area contributed by atoms with E-state index in [4.69, 9.17) is 10.5 Å². The minimum Gasteiger partial charge on any atom is -0.383 e. The molecule has 2 rings (SSSR count). The Balaban J connectivity index is 0.00000200. The van der Waals surface area contributed by atoms with Crippen LogP contribution in [0.1, 0.15) is 17.9 Å². The second-order valence-corrected chi connectivity index (χ2v) is 4.49. The average molecular weight is 397 g/mol. The Morgan fingerprint density at radius 1 is 1.45 bits per heavy atom. The van der Waals surface area contributed by atoms with E-state index in [1.54, 1.807) is 7.11 Å². The molecule has 1 aliphatic carbocycles. The van der Waals surface area contributed by atoms with E-state index in [1.165, 1.54) is 18.2 Å². The third-order valence-electron chi connectivity index (χ3n) is 3.07. The Labute approximate surface area is 133 Å². The van der Waals surface area contributed by atoms with Gasteiger partial charge in [-0.1, -0.05) is 6.07 Å². The fraction of sp³-hybridized carbons (Fsp3) is 0.462. The number of guanidine groups is 1. The van der Waals surface area contributed by atoms with E-state index in [0.717, 1.165) is 0 Å². The lowest BCUT2D eigenvalue weighted by molar-refractivity contribution is 0.208. The average Bonchev–Trinajstić information content (AvgIpc) is 3.08. The summed E-state index contributed by atoms with van der Waals surface area (Å²) in [6.45, 7) is 0.944. The highest BCUT2D eigenvalue weighted by Gasteiger charge is 2.42. The molecule has 1 fully saturated rings. The largest absolute Gasteiger partial charge is 0.383 e. The van der Waals surface area contributed by atoms with E-state index in [-0.39, 0.29) is 47.5 Å². The molecule has 0 amide bonds. The molecule has 1 aromatic carbocycles. The van der Waals surface area contributed by atoms with Gasteiger partial charge >= 0.3 is 0 Å². The summed E-state index contributed by atoms with van der Waals surface area (Å²) in [5.74, 6) is -0.924. The van der Waals surface area contributed by atoms with E-state index in [0.29, 0.717) is 19.6 Å². The summed E-state index contributed by atoms with van der Waals surface area (Å²) in [4.78, 5) is 4.04. The van der Waals surface area contributed by atoms with Crippen LogP contribution >= 0.6 is 24.0 Å². The van der Waals surface area contributed by atoms with Gasteiger partial charge in [0.15, 0.2) is 5.96 Å². The SMILES string of the molecule is COCCN=C(N)NC1CC1c1c(F)cccc1F.I. The molecule has 0 aliphatic heterocycles. The van der Waals surface area contributed by atoms with E-state index < -0.39 is 11.6 Å². The third-order valence-corrected chi connectivity index (χ3v) is 3.07. The molecule has 2 unspecified atom stereocenters. The van der Waals surface area contributed by atoms with E-state index in [2.05, 4.69) is 10.3 Å². The monoisotopic (exact) mass is 397 g/mol. The minimum atomic E-state index is -0.510. The number of nitrogens with one attached hydrogen (secondary N) is 1. The Bertz CT molecular complexity index is 464. The van der Waals surface area contributed by atoms with Gasteiger partial charge in [0.25, 0.3) is 0 Å². The summed E-state index contributed by atoms with van der Waals surface area (Å²) < 4.78 is 32.0. The lowest BCUT2D eigenvalue weighted by Crippen LogP contribution is -2.34. The van der Waals surface area contributed by atoms with Crippen molar-refractivity contribution in [3.05, 3.63) is 35.4 Å². The first-order valence-corrected chi connectivity index (χ1v) is 6.12. The van der Waals surface area contributed by atoms with Crippen molar-refractivity contribution < 1.29 is 13.5 Å². The second kappa shape index (κ2) is 7.72. The van der Waals surface area contributed by atoms with E-state index in [1.807, 2.05) is 0 Å². The van der Waals surface area contributed by atoms with Gasteiger partial charge < -0.3 is 15.8 Å². The van der Waals surface area contributed by atoms with Gasteiger partial charge in [-0.25, -0.2) is 8.78 Å². The smallest absolute Gasteiger partial charge is 0.188 e. The van der Waals surface area contributed by atoms with Gasteiger partial charge in [-0.15, -0.1) is 24.0 Å². The molecule has 1 aromatic rings. The highest BCUT2D eigenvalue weighted by Crippen LogP contribution is 2.42. The van der Waals surface area contributed by atoms with Crippen LogP contribution in [0.25, 0.3) is 0 Å². The minimum absolute atomic E-state index is 0. The van der Waals surface area contributed by atoms with Gasteiger partial charge in [0.05, 0.1) is 13.2 Å². The van der Waals surface area contributed by atoms with E-state index in [9.17, 15) is 8.78 Å². The summed E-state index contributed by atoms with van der Waals surface area (Å²) in [7, 11) is 1.58. The Morgan fingerprint density at radius 3 is 2.70 bits per heavy atom. The molecule has 0 radical (unpaired) electrons. The Kier molecular flexibility index (Phi) is 6.60.